The number of nitrogens with one attached hydrogen (secondary N) is 1. The van der Waals surface area contributed by atoms with Gasteiger partial charge in [-0.25, -0.2) is 19.2 Å². The Morgan fingerprint density at radius 2 is 1.08 bits per heavy atom. The molecule has 0 aromatic heterocycles. The molecule has 12 heteroatoms. The normalized spacial score (nSPS) is 10.3. The van der Waals surface area contributed by atoms with E-state index in [1.165, 1.54) is 18.7 Å². The largest absolute Gasteiger partial charge is 0.462 e. The summed E-state index contributed by atoms with van der Waals surface area (Å²) in [4.78, 5) is 70.9. The van der Waals surface area contributed by atoms with Gasteiger partial charge in [-0.15, -0.1) is 0 Å². The molecule has 12 nitrogen and oxygen atoms in total. The summed E-state index contributed by atoms with van der Waals surface area (Å²) in [5.74, 6) is -2.95. The Hall–Kier alpha value is -3.96. The topological polar surface area (TPSA) is 155 Å². The summed E-state index contributed by atoms with van der Waals surface area (Å²) in [6, 6.07) is 0. The molecule has 37 heavy (non-hydrogen) atoms. The van der Waals surface area contributed by atoms with Crippen molar-refractivity contribution >= 4 is 35.8 Å². The lowest BCUT2D eigenvalue weighted by Gasteiger charge is -2.31. The van der Waals surface area contributed by atoms with Gasteiger partial charge in [-0.1, -0.05) is 32.6 Å². The number of esters is 3. The predicted molar refractivity (Wildman–Crippen MR) is 132 cm³/mol. The molecule has 0 aromatic carbocycles. The lowest BCUT2D eigenvalue weighted by Crippen LogP contribution is -2.44. The van der Waals surface area contributed by atoms with Crippen molar-refractivity contribution < 1.29 is 47.7 Å². The van der Waals surface area contributed by atoms with Crippen molar-refractivity contribution in [3.8, 4) is 0 Å². The number of hydrogen-bond acceptors (Lipinski definition) is 10. The smallest absolute Gasteiger partial charge is 0.407 e. The van der Waals surface area contributed by atoms with Crippen molar-refractivity contribution in [2.45, 2.75) is 39.5 Å². The zero-order valence-electron chi connectivity index (χ0n) is 21.5. The standard InChI is InChI=1S/C25H36N2O10/c1-6-21(30)34-15-25(16-35-22(31)7-2,17-36-23(32)8-3)18-37-24(33)26-13-11-9-10-12-14-27(19(4)28)20(5)29/h6-8H,1-3,9-18H2,4-5H3,(H,26,33). The molecule has 1 N–H and O–H groups in total. The molecule has 0 aromatic rings. The van der Waals surface area contributed by atoms with Crippen LogP contribution in [0.3, 0.4) is 0 Å². The number of alkyl carbamates (subject to hydrolysis) is 1. The van der Waals surface area contributed by atoms with E-state index in [2.05, 4.69) is 25.1 Å². The predicted octanol–water partition coefficient (Wildman–Crippen LogP) is 1.84. The van der Waals surface area contributed by atoms with Gasteiger partial charge in [0.05, 0.1) is 0 Å². The van der Waals surface area contributed by atoms with Crippen LogP contribution < -0.4 is 5.32 Å². The number of carbonyl (C=O) groups is 6. The molecule has 0 fully saturated rings. The van der Waals surface area contributed by atoms with E-state index in [0.717, 1.165) is 31.1 Å². The maximum Gasteiger partial charge on any atom is 0.407 e. The molecule has 0 heterocycles. The van der Waals surface area contributed by atoms with Crippen molar-refractivity contribution in [2.75, 3.05) is 39.5 Å². The van der Waals surface area contributed by atoms with E-state index in [9.17, 15) is 28.8 Å². The Morgan fingerprint density at radius 1 is 0.676 bits per heavy atom. The second kappa shape index (κ2) is 18.3. The first-order valence-electron chi connectivity index (χ1n) is 11.6. The first kappa shape index (κ1) is 33.0. The van der Waals surface area contributed by atoms with Crippen molar-refractivity contribution in [3.05, 3.63) is 38.0 Å². The Labute approximate surface area is 216 Å². The van der Waals surface area contributed by atoms with Crippen LogP contribution in [0.5, 0.6) is 0 Å². The van der Waals surface area contributed by atoms with Gasteiger partial charge in [-0.2, -0.15) is 0 Å². The summed E-state index contributed by atoms with van der Waals surface area (Å²) in [5.41, 5.74) is -1.41. The van der Waals surface area contributed by atoms with E-state index in [1.54, 1.807) is 0 Å². The number of amides is 3. The van der Waals surface area contributed by atoms with E-state index >= 15 is 0 Å². The number of hydrogen-bond donors (Lipinski definition) is 1. The summed E-state index contributed by atoms with van der Waals surface area (Å²) in [5, 5.41) is 2.57. The molecule has 0 saturated heterocycles. The van der Waals surface area contributed by atoms with Crippen LogP contribution in [0.4, 0.5) is 4.79 Å². The number of imide groups is 1. The van der Waals surface area contributed by atoms with Crippen LogP contribution in [0, 0.1) is 5.41 Å². The van der Waals surface area contributed by atoms with E-state index in [-0.39, 0.29) is 18.4 Å². The van der Waals surface area contributed by atoms with Gasteiger partial charge >= 0.3 is 24.0 Å². The zero-order valence-corrected chi connectivity index (χ0v) is 21.5. The average molecular weight is 525 g/mol. The van der Waals surface area contributed by atoms with Crippen LogP contribution in [0.15, 0.2) is 38.0 Å². The van der Waals surface area contributed by atoms with Crippen LogP contribution >= 0.6 is 0 Å². The van der Waals surface area contributed by atoms with Crippen molar-refractivity contribution in [2.24, 2.45) is 5.41 Å². The fraction of sp³-hybridized carbons (Fsp3) is 0.520. The molecule has 3 amide bonds. The molecule has 0 aliphatic rings. The second-order valence-corrected chi connectivity index (χ2v) is 8.04. The monoisotopic (exact) mass is 524 g/mol. The highest BCUT2D eigenvalue weighted by Crippen LogP contribution is 2.21. The summed E-state index contributed by atoms with van der Waals surface area (Å²) in [6.07, 6.45) is 4.71. The summed E-state index contributed by atoms with van der Waals surface area (Å²) < 4.78 is 20.4. The Morgan fingerprint density at radius 3 is 1.49 bits per heavy atom. The third kappa shape index (κ3) is 14.9. The molecule has 206 valence electrons. The van der Waals surface area contributed by atoms with Crippen molar-refractivity contribution in [1.82, 2.24) is 10.2 Å². The molecule has 0 atom stereocenters. The lowest BCUT2D eigenvalue weighted by atomic mass is 9.92. The van der Waals surface area contributed by atoms with Crippen LogP contribution in [0.2, 0.25) is 0 Å². The molecule has 0 rings (SSSR count). The molecule has 0 saturated carbocycles. The number of ether oxygens (including phenoxy) is 4. The number of carbonyl (C=O) groups excluding carboxylic acids is 6. The maximum atomic E-state index is 12.2. The fourth-order valence-electron chi connectivity index (χ4n) is 2.84. The van der Waals surface area contributed by atoms with Gasteiger partial charge in [0, 0.05) is 45.2 Å². The van der Waals surface area contributed by atoms with E-state index in [1.807, 2.05) is 0 Å². The Bertz CT molecular complexity index is 779. The molecule has 0 aliphatic heterocycles. The van der Waals surface area contributed by atoms with Gasteiger partial charge in [-0.3, -0.25) is 14.5 Å². The quantitative estimate of drug-likeness (QED) is 0.122. The van der Waals surface area contributed by atoms with Gasteiger partial charge in [0.15, 0.2) is 0 Å². The van der Waals surface area contributed by atoms with E-state index in [0.29, 0.717) is 19.4 Å². The highest BCUT2D eigenvalue weighted by molar-refractivity contribution is 5.92. The van der Waals surface area contributed by atoms with Crippen LogP contribution in [0.1, 0.15) is 39.5 Å². The third-order valence-corrected chi connectivity index (χ3v) is 4.91. The minimum absolute atomic E-state index is 0.289. The molecular weight excluding hydrogens is 488 g/mol. The van der Waals surface area contributed by atoms with Gasteiger partial charge in [0.1, 0.15) is 31.8 Å². The van der Waals surface area contributed by atoms with Crippen LogP contribution in [-0.2, 0) is 42.9 Å². The maximum absolute atomic E-state index is 12.2. The van der Waals surface area contributed by atoms with Crippen LogP contribution in [-0.4, -0.2) is 80.2 Å². The van der Waals surface area contributed by atoms with Crippen molar-refractivity contribution in [1.29, 1.82) is 0 Å². The van der Waals surface area contributed by atoms with Crippen LogP contribution in [0.25, 0.3) is 0 Å². The Balaban J connectivity index is 4.87. The lowest BCUT2D eigenvalue weighted by molar-refractivity contribution is -0.159. The van der Waals surface area contributed by atoms with Gasteiger partial charge < -0.3 is 24.3 Å². The van der Waals surface area contributed by atoms with E-state index in [4.69, 9.17) is 18.9 Å². The number of nitrogens with zero attached hydrogens (tertiary/aromatic N) is 1. The number of unbranched alkanes of at least 4 members (excludes halogenated alkanes) is 3. The molecule has 0 radical (unpaired) electrons. The summed E-state index contributed by atoms with van der Waals surface area (Å²) in [6.45, 7) is 11.5. The first-order valence-corrected chi connectivity index (χ1v) is 11.6. The SMILES string of the molecule is C=CC(=O)OCC(COC(=O)C=C)(COC(=O)C=C)COC(=O)NCCCCCCN(C(C)=O)C(C)=O. The summed E-state index contributed by atoms with van der Waals surface area (Å²) >= 11 is 0. The van der Waals surface area contributed by atoms with Crippen molar-refractivity contribution in [3.63, 3.8) is 0 Å². The third-order valence-electron chi connectivity index (χ3n) is 4.91. The van der Waals surface area contributed by atoms with Gasteiger partial charge in [0.2, 0.25) is 11.8 Å². The first-order chi connectivity index (χ1) is 17.5. The highest BCUT2D eigenvalue weighted by Gasteiger charge is 2.37. The minimum atomic E-state index is -1.41. The summed E-state index contributed by atoms with van der Waals surface area (Å²) in [7, 11) is 0. The average Bonchev–Trinajstić information content (AvgIpc) is 2.87. The minimum Gasteiger partial charge on any atom is -0.462 e. The second-order valence-electron chi connectivity index (χ2n) is 8.04. The molecule has 0 spiro atoms. The highest BCUT2D eigenvalue weighted by atomic mass is 16.6. The molecule has 0 aliphatic carbocycles. The molecule has 0 bridgehead atoms. The number of rotatable bonds is 18. The molecular formula is C25H36N2O10. The van der Waals surface area contributed by atoms with Gasteiger partial charge in [-0.05, 0) is 12.8 Å². The fourth-order valence-corrected chi connectivity index (χ4v) is 2.84. The zero-order chi connectivity index (χ0) is 28.3. The van der Waals surface area contributed by atoms with E-state index < -0.39 is 55.8 Å². The molecule has 0 unspecified atom stereocenters. The Kier molecular flexibility index (Phi) is 16.4. The van der Waals surface area contributed by atoms with Gasteiger partial charge in [0.25, 0.3) is 0 Å².